The summed E-state index contributed by atoms with van der Waals surface area (Å²) >= 11 is 0. The van der Waals surface area contributed by atoms with E-state index in [1.165, 1.54) is 5.57 Å². The van der Waals surface area contributed by atoms with Crippen LogP contribution in [0.3, 0.4) is 0 Å². The molecule has 1 N–H and O–H groups in total. The molecule has 3 aromatic carbocycles. The quantitative estimate of drug-likeness (QED) is 0.283. The molecule has 0 spiro atoms. The predicted molar refractivity (Wildman–Crippen MR) is 152 cm³/mol. The number of nitrogens with one attached hydrogen (secondary N) is 1. The van der Waals surface area contributed by atoms with Crippen LogP contribution in [0, 0.1) is 34.0 Å². The molecule has 1 aliphatic carbocycles. The highest BCUT2D eigenvalue weighted by Crippen LogP contribution is 2.48. The molecule has 2 aliphatic rings. The Bertz CT molecular complexity index is 1630. The van der Waals surface area contributed by atoms with Crippen LogP contribution in [0.5, 0.6) is 0 Å². The van der Waals surface area contributed by atoms with Crippen molar-refractivity contribution in [3.8, 4) is 18.2 Å². The van der Waals surface area contributed by atoms with Crippen LogP contribution in [0.25, 0.3) is 5.57 Å². The van der Waals surface area contributed by atoms with Crippen molar-refractivity contribution in [3.05, 3.63) is 125 Å². The molecule has 1 unspecified atom stereocenters. The van der Waals surface area contributed by atoms with Gasteiger partial charge in [-0.3, -0.25) is 0 Å². The molecule has 0 fully saturated rings. The van der Waals surface area contributed by atoms with Gasteiger partial charge in [-0.1, -0.05) is 42.5 Å². The third-order valence-corrected chi connectivity index (χ3v) is 6.83. The van der Waals surface area contributed by atoms with Gasteiger partial charge < -0.3 is 10.2 Å². The first-order chi connectivity index (χ1) is 18.6. The fourth-order valence-electron chi connectivity index (χ4n) is 5.03. The van der Waals surface area contributed by atoms with Crippen LogP contribution in [-0.2, 0) is 6.42 Å². The minimum Gasteiger partial charge on any atom is -0.355 e. The molecular formula is C33H25N5. The number of nitriles is 3. The molecule has 0 saturated heterocycles. The van der Waals surface area contributed by atoms with Crippen molar-refractivity contribution in [2.75, 3.05) is 10.2 Å². The lowest BCUT2D eigenvalue weighted by Crippen LogP contribution is -2.27. The number of hydrogen-bond donors (Lipinski definition) is 1. The Balaban J connectivity index is 1.57. The van der Waals surface area contributed by atoms with Gasteiger partial charge in [-0.05, 0) is 85.5 Å². The zero-order valence-electron chi connectivity index (χ0n) is 21.0. The van der Waals surface area contributed by atoms with Crippen LogP contribution >= 0.6 is 0 Å². The number of benzene rings is 3. The van der Waals surface area contributed by atoms with Crippen LogP contribution in [0.2, 0.25) is 0 Å². The summed E-state index contributed by atoms with van der Waals surface area (Å²) in [6.45, 7) is 1.90. The fraction of sp³-hybridized carbons (Fsp3) is 0.121. The topological polar surface area (TPSA) is 86.6 Å². The van der Waals surface area contributed by atoms with E-state index in [4.69, 9.17) is 0 Å². The first-order valence-corrected chi connectivity index (χ1v) is 12.5. The number of fused-ring (bicyclic) bond motifs is 3. The van der Waals surface area contributed by atoms with Crippen LogP contribution in [0.4, 0.5) is 22.7 Å². The molecular weight excluding hydrogens is 466 g/mol. The normalized spacial score (nSPS) is 16.0. The van der Waals surface area contributed by atoms with Crippen LogP contribution in [0.1, 0.15) is 30.0 Å². The summed E-state index contributed by atoms with van der Waals surface area (Å²) in [5.74, 6) is 0. The zero-order valence-corrected chi connectivity index (χ0v) is 21.0. The van der Waals surface area contributed by atoms with Crippen molar-refractivity contribution in [1.82, 2.24) is 0 Å². The molecule has 1 atom stereocenters. The average Bonchev–Trinajstić information content (AvgIpc) is 3.29. The van der Waals surface area contributed by atoms with Gasteiger partial charge in [0.15, 0.2) is 0 Å². The smallest absolute Gasteiger partial charge is 0.0991 e. The lowest BCUT2D eigenvalue weighted by molar-refractivity contribution is 0.826. The highest BCUT2D eigenvalue weighted by atomic mass is 15.2. The largest absolute Gasteiger partial charge is 0.355 e. The minimum atomic E-state index is 0.109. The van der Waals surface area contributed by atoms with Gasteiger partial charge >= 0.3 is 0 Å². The monoisotopic (exact) mass is 491 g/mol. The summed E-state index contributed by atoms with van der Waals surface area (Å²) in [5.41, 5.74) is 9.25. The molecule has 3 aromatic rings. The second-order valence-corrected chi connectivity index (χ2v) is 9.14. The van der Waals surface area contributed by atoms with Gasteiger partial charge in [0.25, 0.3) is 0 Å². The predicted octanol–water partition coefficient (Wildman–Crippen LogP) is 7.63. The summed E-state index contributed by atoms with van der Waals surface area (Å²) in [6, 6.07) is 28.9. The third kappa shape index (κ3) is 4.72. The van der Waals surface area contributed by atoms with E-state index >= 15 is 0 Å². The summed E-state index contributed by atoms with van der Waals surface area (Å²) in [5, 5.41) is 31.7. The molecule has 182 valence electrons. The second-order valence-electron chi connectivity index (χ2n) is 9.14. The summed E-state index contributed by atoms with van der Waals surface area (Å²) in [4.78, 5) is 2.34. The van der Waals surface area contributed by atoms with Gasteiger partial charge in [0.05, 0.1) is 29.8 Å². The van der Waals surface area contributed by atoms with E-state index in [9.17, 15) is 15.8 Å². The Morgan fingerprint density at radius 3 is 2.58 bits per heavy atom. The zero-order chi connectivity index (χ0) is 26.5. The lowest BCUT2D eigenvalue weighted by Gasteiger charge is -2.29. The first kappa shape index (κ1) is 24.4. The van der Waals surface area contributed by atoms with E-state index < -0.39 is 0 Å². The molecule has 0 radical (unpaired) electrons. The van der Waals surface area contributed by atoms with Crippen LogP contribution in [0.15, 0.2) is 108 Å². The Hall–Kier alpha value is -5.31. The Kier molecular flexibility index (Phi) is 6.90. The molecule has 38 heavy (non-hydrogen) atoms. The Morgan fingerprint density at radius 2 is 1.84 bits per heavy atom. The number of rotatable bonds is 6. The number of nitrogens with zero attached hydrogens (tertiary/aromatic N) is 4. The Labute approximate surface area is 223 Å². The number of allylic oxidation sites excluding steroid dienone is 6. The standard InChI is InChI=1S/C33H25N5/c1-2-5-23(20-34)8-12-26-13-16-28(19-31(26)37-27-14-9-24(21-35)10-15-27)38-32-7-4-3-6-29(32)30-18-25(22-36)11-17-33(30)38/h2-11,13-16,18-19,33,37H,12,17H2,1H3/b5-2-,23-8+. The summed E-state index contributed by atoms with van der Waals surface area (Å²) in [7, 11) is 0. The molecule has 5 nitrogen and oxygen atoms in total. The van der Waals surface area contributed by atoms with Gasteiger partial charge in [0, 0.05) is 39.5 Å². The SMILES string of the molecule is C/C=C\C(C#N)=C/Cc1ccc(N2c3ccccc3C3=CC(C#N)=CCC32)cc1Nc1ccc(C#N)cc1. The summed E-state index contributed by atoms with van der Waals surface area (Å²) < 4.78 is 0. The second kappa shape index (κ2) is 10.8. The van der Waals surface area contributed by atoms with Crippen molar-refractivity contribution < 1.29 is 0 Å². The number of para-hydroxylation sites is 1. The number of anilines is 4. The molecule has 1 aliphatic heterocycles. The van der Waals surface area contributed by atoms with E-state index in [1.807, 2.05) is 61.6 Å². The van der Waals surface area contributed by atoms with Crippen molar-refractivity contribution in [1.29, 1.82) is 15.8 Å². The third-order valence-electron chi connectivity index (χ3n) is 6.83. The van der Waals surface area contributed by atoms with Gasteiger partial charge in [-0.25, -0.2) is 0 Å². The van der Waals surface area contributed by atoms with Crippen molar-refractivity contribution in [3.63, 3.8) is 0 Å². The van der Waals surface area contributed by atoms with Gasteiger partial charge in [-0.2, -0.15) is 15.8 Å². The van der Waals surface area contributed by atoms with Gasteiger partial charge in [0.1, 0.15) is 0 Å². The molecule has 5 rings (SSSR count). The molecule has 1 heterocycles. The van der Waals surface area contributed by atoms with Crippen molar-refractivity contribution in [2.45, 2.75) is 25.8 Å². The highest BCUT2D eigenvalue weighted by Gasteiger charge is 2.35. The molecule has 5 heteroatoms. The summed E-state index contributed by atoms with van der Waals surface area (Å²) in [6.07, 6.45) is 11.0. The maximum atomic E-state index is 9.49. The number of hydrogen-bond acceptors (Lipinski definition) is 5. The molecule has 0 amide bonds. The van der Waals surface area contributed by atoms with Crippen molar-refractivity contribution >= 4 is 28.3 Å². The maximum Gasteiger partial charge on any atom is 0.0991 e. The molecule has 0 aromatic heterocycles. The van der Waals surface area contributed by atoms with E-state index in [0.717, 1.165) is 40.3 Å². The lowest BCUT2D eigenvalue weighted by atomic mass is 9.92. The van der Waals surface area contributed by atoms with E-state index in [2.05, 4.69) is 58.8 Å². The Morgan fingerprint density at radius 1 is 1.03 bits per heavy atom. The fourth-order valence-corrected chi connectivity index (χ4v) is 5.03. The van der Waals surface area contributed by atoms with E-state index in [0.29, 0.717) is 23.1 Å². The van der Waals surface area contributed by atoms with E-state index in [1.54, 1.807) is 12.1 Å². The maximum absolute atomic E-state index is 9.49. The van der Waals surface area contributed by atoms with Crippen LogP contribution in [-0.4, -0.2) is 6.04 Å². The molecule has 0 saturated carbocycles. The minimum absolute atomic E-state index is 0.109. The van der Waals surface area contributed by atoms with Gasteiger partial charge in [-0.15, -0.1) is 0 Å². The van der Waals surface area contributed by atoms with Gasteiger partial charge in [0.2, 0.25) is 0 Å². The highest BCUT2D eigenvalue weighted by molar-refractivity contribution is 5.94. The molecule has 0 bridgehead atoms. The van der Waals surface area contributed by atoms with Crippen LogP contribution < -0.4 is 10.2 Å². The van der Waals surface area contributed by atoms with E-state index in [-0.39, 0.29) is 6.04 Å². The van der Waals surface area contributed by atoms with Crippen molar-refractivity contribution in [2.24, 2.45) is 0 Å². The first-order valence-electron chi connectivity index (χ1n) is 12.5. The average molecular weight is 492 g/mol.